The van der Waals surface area contributed by atoms with Gasteiger partial charge in [-0.05, 0) is 12.1 Å². The van der Waals surface area contributed by atoms with Gasteiger partial charge in [-0.1, -0.05) is 0 Å². The maximum atomic E-state index is 10.5. The minimum absolute atomic E-state index is 0. The van der Waals surface area contributed by atoms with Gasteiger partial charge >= 0.3 is 0 Å². The van der Waals surface area contributed by atoms with Crippen LogP contribution in [0.1, 0.15) is 0 Å². The first kappa shape index (κ1) is 16.5. The Morgan fingerprint density at radius 2 is 1.95 bits per heavy atom. The van der Waals surface area contributed by atoms with Gasteiger partial charge in [0.15, 0.2) is 5.96 Å². The third kappa shape index (κ3) is 4.51. The van der Waals surface area contributed by atoms with Crippen LogP contribution in [0.2, 0.25) is 0 Å². The van der Waals surface area contributed by atoms with E-state index in [1.807, 2.05) is 7.05 Å². The molecule has 0 unspecified atom stereocenters. The zero-order chi connectivity index (χ0) is 13.7. The van der Waals surface area contributed by atoms with Crippen molar-refractivity contribution in [2.24, 2.45) is 4.99 Å². The molecule has 2 N–H and O–H groups in total. The van der Waals surface area contributed by atoms with Gasteiger partial charge in [0.1, 0.15) is 0 Å². The molecular formula is C12H18IN5O2. The summed E-state index contributed by atoms with van der Waals surface area (Å²) in [4.78, 5) is 16.5. The molecule has 0 aliphatic carbocycles. The quantitative estimate of drug-likeness (QED) is 0.344. The minimum Gasteiger partial charge on any atom is -0.383 e. The highest BCUT2D eigenvalue weighted by molar-refractivity contribution is 14.0. The van der Waals surface area contributed by atoms with Crippen LogP contribution in [0.4, 0.5) is 11.4 Å². The molecule has 0 aromatic heterocycles. The summed E-state index contributed by atoms with van der Waals surface area (Å²) in [5.41, 5.74) is 0.972. The van der Waals surface area contributed by atoms with Crippen LogP contribution in [0.15, 0.2) is 29.3 Å². The second kappa shape index (κ2) is 7.88. The molecule has 8 heteroatoms. The molecule has 1 aromatic carbocycles. The van der Waals surface area contributed by atoms with E-state index in [1.54, 1.807) is 12.1 Å². The second-order valence-corrected chi connectivity index (χ2v) is 4.28. The summed E-state index contributed by atoms with van der Waals surface area (Å²) in [5, 5.41) is 16.9. The van der Waals surface area contributed by atoms with Gasteiger partial charge in [-0.2, -0.15) is 0 Å². The molecule has 0 saturated carbocycles. The standard InChI is InChI=1S/C12H17N5O2.HI/c1-16-9-8-15-12(16)14-7-6-13-10-2-4-11(5-3-10)17(18)19;/h2-5,13H,6-9H2,1H3,(H,14,15);1H. The van der Waals surface area contributed by atoms with E-state index in [4.69, 9.17) is 0 Å². The van der Waals surface area contributed by atoms with Crippen molar-refractivity contribution in [2.75, 3.05) is 38.5 Å². The molecule has 1 heterocycles. The molecule has 110 valence electrons. The Morgan fingerprint density at radius 3 is 2.50 bits per heavy atom. The van der Waals surface area contributed by atoms with E-state index in [1.165, 1.54) is 12.1 Å². The average molecular weight is 391 g/mol. The Hall–Kier alpha value is -1.58. The zero-order valence-corrected chi connectivity index (χ0v) is 13.5. The summed E-state index contributed by atoms with van der Waals surface area (Å²) in [6.07, 6.45) is 0. The number of hydrogen-bond acceptors (Lipinski definition) is 6. The van der Waals surface area contributed by atoms with Crippen LogP contribution in [0, 0.1) is 10.1 Å². The summed E-state index contributed by atoms with van der Waals surface area (Å²) in [5.74, 6) is 0.922. The number of nitro benzene ring substituents is 1. The maximum Gasteiger partial charge on any atom is 0.269 e. The van der Waals surface area contributed by atoms with Gasteiger partial charge in [-0.25, -0.2) is 0 Å². The lowest BCUT2D eigenvalue weighted by Crippen LogP contribution is -2.37. The van der Waals surface area contributed by atoms with E-state index in [0.717, 1.165) is 37.8 Å². The van der Waals surface area contributed by atoms with Crippen molar-refractivity contribution in [3.05, 3.63) is 34.4 Å². The fourth-order valence-corrected chi connectivity index (χ4v) is 1.81. The Kier molecular flexibility index (Phi) is 6.49. The van der Waals surface area contributed by atoms with Crippen LogP contribution >= 0.6 is 24.0 Å². The molecule has 0 amide bonds. The first-order valence-electron chi connectivity index (χ1n) is 6.14. The summed E-state index contributed by atoms with van der Waals surface area (Å²) >= 11 is 0. The Labute approximate surface area is 134 Å². The molecule has 1 aliphatic heterocycles. The number of nitro groups is 1. The molecule has 0 fully saturated rings. The molecule has 7 nitrogen and oxygen atoms in total. The predicted molar refractivity (Wildman–Crippen MR) is 89.9 cm³/mol. The highest BCUT2D eigenvalue weighted by Crippen LogP contribution is 2.14. The van der Waals surface area contributed by atoms with Crippen molar-refractivity contribution >= 4 is 41.3 Å². The molecule has 0 radical (unpaired) electrons. The van der Waals surface area contributed by atoms with E-state index >= 15 is 0 Å². The molecule has 20 heavy (non-hydrogen) atoms. The predicted octanol–water partition coefficient (Wildman–Crippen LogP) is 1.52. The number of benzene rings is 1. The van der Waals surface area contributed by atoms with Crippen LogP contribution in [-0.4, -0.2) is 49.0 Å². The topological polar surface area (TPSA) is 82.8 Å². The van der Waals surface area contributed by atoms with Gasteiger partial charge in [-0.3, -0.25) is 15.1 Å². The number of hydrogen-bond donors (Lipinski definition) is 2. The summed E-state index contributed by atoms with van der Waals surface area (Å²) < 4.78 is 0. The van der Waals surface area contributed by atoms with Gasteiger partial charge in [-0.15, -0.1) is 24.0 Å². The molecule has 0 atom stereocenters. The summed E-state index contributed by atoms with van der Waals surface area (Å²) in [6.45, 7) is 3.28. The van der Waals surface area contributed by atoms with Crippen LogP contribution in [0.3, 0.4) is 0 Å². The van der Waals surface area contributed by atoms with Gasteiger partial charge in [0, 0.05) is 44.5 Å². The van der Waals surface area contributed by atoms with Gasteiger partial charge in [0.05, 0.1) is 11.5 Å². The number of non-ortho nitro benzene ring substituents is 1. The highest BCUT2D eigenvalue weighted by atomic mass is 127. The van der Waals surface area contributed by atoms with Crippen LogP contribution < -0.4 is 10.6 Å². The second-order valence-electron chi connectivity index (χ2n) is 4.28. The van der Waals surface area contributed by atoms with E-state index in [0.29, 0.717) is 0 Å². The molecular weight excluding hydrogens is 373 g/mol. The number of likely N-dealkylation sites (N-methyl/N-ethyl adjacent to an activating group) is 1. The van der Waals surface area contributed by atoms with Crippen molar-refractivity contribution in [1.29, 1.82) is 0 Å². The van der Waals surface area contributed by atoms with E-state index in [9.17, 15) is 10.1 Å². The van der Waals surface area contributed by atoms with Gasteiger partial charge < -0.3 is 15.5 Å². The number of rotatable bonds is 5. The van der Waals surface area contributed by atoms with Crippen molar-refractivity contribution in [2.45, 2.75) is 0 Å². The van der Waals surface area contributed by atoms with E-state index in [2.05, 4.69) is 20.5 Å². The number of anilines is 1. The third-order valence-corrected chi connectivity index (χ3v) is 2.87. The summed E-state index contributed by atoms with van der Waals surface area (Å²) in [7, 11) is 2.00. The molecule has 0 bridgehead atoms. The fraction of sp³-hybridized carbons (Fsp3) is 0.417. The lowest BCUT2D eigenvalue weighted by Gasteiger charge is -2.15. The normalized spacial score (nSPS) is 13.4. The lowest BCUT2D eigenvalue weighted by atomic mass is 10.3. The van der Waals surface area contributed by atoms with Crippen LogP contribution in [0.5, 0.6) is 0 Å². The maximum absolute atomic E-state index is 10.5. The minimum atomic E-state index is -0.403. The number of guanidine groups is 1. The fourth-order valence-electron chi connectivity index (χ4n) is 1.81. The monoisotopic (exact) mass is 391 g/mol. The molecule has 1 aromatic rings. The van der Waals surface area contributed by atoms with Gasteiger partial charge in [0.2, 0.25) is 0 Å². The third-order valence-electron chi connectivity index (χ3n) is 2.87. The first-order chi connectivity index (χ1) is 9.16. The molecule has 2 rings (SSSR count). The zero-order valence-electron chi connectivity index (χ0n) is 11.2. The SMILES string of the molecule is CN1CCN=C1NCCNc1ccc([N+](=O)[O-])cc1.I. The number of aliphatic imine (C=N–C) groups is 1. The molecule has 0 spiro atoms. The Morgan fingerprint density at radius 1 is 1.30 bits per heavy atom. The van der Waals surface area contributed by atoms with Crippen LogP contribution in [0.25, 0.3) is 0 Å². The van der Waals surface area contributed by atoms with Crippen molar-refractivity contribution in [1.82, 2.24) is 10.2 Å². The van der Waals surface area contributed by atoms with Crippen molar-refractivity contribution in [3.8, 4) is 0 Å². The molecule has 1 aliphatic rings. The number of nitrogens with zero attached hydrogens (tertiary/aromatic N) is 3. The van der Waals surface area contributed by atoms with Crippen molar-refractivity contribution < 1.29 is 4.92 Å². The average Bonchev–Trinajstić information content (AvgIpc) is 2.81. The largest absolute Gasteiger partial charge is 0.383 e. The summed E-state index contributed by atoms with van der Waals surface area (Å²) in [6, 6.07) is 6.39. The van der Waals surface area contributed by atoms with Crippen LogP contribution in [-0.2, 0) is 0 Å². The first-order valence-corrected chi connectivity index (χ1v) is 6.14. The van der Waals surface area contributed by atoms with E-state index in [-0.39, 0.29) is 29.7 Å². The van der Waals surface area contributed by atoms with Gasteiger partial charge in [0.25, 0.3) is 5.69 Å². The van der Waals surface area contributed by atoms with E-state index < -0.39 is 4.92 Å². The number of halogens is 1. The Bertz CT molecular complexity index is 477. The lowest BCUT2D eigenvalue weighted by molar-refractivity contribution is -0.384. The highest BCUT2D eigenvalue weighted by Gasteiger charge is 2.10. The van der Waals surface area contributed by atoms with Crippen molar-refractivity contribution in [3.63, 3.8) is 0 Å². The molecule has 0 saturated heterocycles. The smallest absolute Gasteiger partial charge is 0.269 e. The Balaban J connectivity index is 0.00000200. The number of nitrogens with one attached hydrogen (secondary N) is 2.